The lowest BCUT2D eigenvalue weighted by molar-refractivity contribution is 0.474. The van der Waals surface area contributed by atoms with Gasteiger partial charge in [0.2, 0.25) is 0 Å². The van der Waals surface area contributed by atoms with Crippen LogP contribution in [0.2, 0.25) is 0 Å². The number of rotatable bonds is 5. The summed E-state index contributed by atoms with van der Waals surface area (Å²) in [6.07, 6.45) is 0. The number of aryl methyl sites for hydroxylation is 1. The van der Waals surface area contributed by atoms with Gasteiger partial charge in [0.05, 0.1) is 4.47 Å². The molecule has 112 valence electrons. The van der Waals surface area contributed by atoms with E-state index in [1.54, 1.807) is 0 Å². The van der Waals surface area contributed by atoms with Crippen LogP contribution in [0.1, 0.15) is 36.5 Å². The summed E-state index contributed by atoms with van der Waals surface area (Å²) < 4.78 is 7.07. The van der Waals surface area contributed by atoms with E-state index in [4.69, 9.17) is 4.74 Å². The molecule has 3 heteroatoms. The molecule has 0 saturated carbocycles. The molecule has 0 radical (unpaired) electrons. The fourth-order valence-corrected chi connectivity index (χ4v) is 2.65. The fraction of sp³-hybridized carbons (Fsp3) is 0.333. The highest BCUT2D eigenvalue weighted by molar-refractivity contribution is 9.10. The molecule has 2 rings (SSSR count). The predicted molar refractivity (Wildman–Crippen MR) is 92.2 cm³/mol. The minimum atomic E-state index is 0.495. The van der Waals surface area contributed by atoms with Crippen LogP contribution in [0.5, 0.6) is 11.5 Å². The van der Waals surface area contributed by atoms with Crippen molar-refractivity contribution >= 4 is 15.9 Å². The van der Waals surface area contributed by atoms with E-state index in [1.807, 2.05) is 13.1 Å². The molecule has 0 saturated heterocycles. The van der Waals surface area contributed by atoms with Crippen molar-refractivity contribution in [2.75, 3.05) is 7.05 Å². The number of ether oxygens (including phenoxy) is 1. The molecule has 0 amide bonds. The van der Waals surface area contributed by atoms with Gasteiger partial charge in [-0.15, -0.1) is 0 Å². The predicted octanol–water partition coefficient (Wildman–Crippen LogP) is 5.39. The molecule has 0 aliphatic heterocycles. The van der Waals surface area contributed by atoms with Gasteiger partial charge >= 0.3 is 0 Å². The van der Waals surface area contributed by atoms with Gasteiger partial charge in [-0.1, -0.05) is 32.0 Å². The molecule has 2 aromatic rings. The summed E-state index contributed by atoms with van der Waals surface area (Å²) in [5, 5.41) is 3.15. The Morgan fingerprint density at radius 3 is 2.48 bits per heavy atom. The summed E-state index contributed by atoms with van der Waals surface area (Å²) in [4.78, 5) is 0. The van der Waals surface area contributed by atoms with Gasteiger partial charge in [0.15, 0.2) is 0 Å². The summed E-state index contributed by atoms with van der Waals surface area (Å²) in [6, 6.07) is 12.6. The van der Waals surface area contributed by atoms with E-state index in [1.165, 1.54) is 11.1 Å². The van der Waals surface area contributed by atoms with Crippen molar-refractivity contribution in [3.63, 3.8) is 0 Å². The average molecular weight is 348 g/mol. The van der Waals surface area contributed by atoms with E-state index in [9.17, 15) is 0 Å². The third kappa shape index (κ3) is 4.08. The van der Waals surface area contributed by atoms with Crippen LogP contribution in [0.25, 0.3) is 0 Å². The van der Waals surface area contributed by atoms with Gasteiger partial charge in [0.25, 0.3) is 0 Å². The van der Waals surface area contributed by atoms with Crippen LogP contribution >= 0.6 is 15.9 Å². The van der Waals surface area contributed by atoms with Gasteiger partial charge in [-0.3, -0.25) is 0 Å². The van der Waals surface area contributed by atoms with Crippen LogP contribution < -0.4 is 10.1 Å². The Morgan fingerprint density at radius 2 is 1.86 bits per heavy atom. The van der Waals surface area contributed by atoms with Crippen molar-refractivity contribution in [1.82, 2.24) is 5.32 Å². The minimum Gasteiger partial charge on any atom is -0.456 e. The fourth-order valence-electron chi connectivity index (χ4n) is 2.15. The van der Waals surface area contributed by atoms with Crippen molar-refractivity contribution in [3.8, 4) is 11.5 Å². The van der Waals surface area contributed by atoms with Gasteiger partial charge < -0.3 is 10.1 Å². The van der Waals surface area contributed by atoms with Gasteiger partial charge in [-0.25, -0.2) is 0 Å². The summed E-state index contributed by atoms with van der Waals surface area (Å²) >= 11 is 3.59. The van der Waals surface area contributed by atoms with Gasteiger partial charge in [0, 0.05) is 6.54 Å². The largest absolute Gasteiger partial charge is 0.456 e. The number of benzene rings is 2. The van der Waals surface area contributed by atoms with Gasteiger partial charge in [-0.05, 0) is 70.7 Å². The zero-order valence-electron chi connectivity index (χ0n) is 13.0. The van der Waals surface area contributed by atoms with E-state index >= 15 is 0 Å². The smallest absolute Gasteiger partial charge is 0.141 e. The maximum atomic E-state index is 6.10. The zero-order chi connectivity index (χ0) is 15.4. The maximum absolute atomic E-state index is 6.10. The molecule has 0 unspecified atom stereocenters. The van der Waals surface area contributed by atoms with Crippen LogP contribution in [0.3, 0.4) is 0 Å². The van der Waals surface area contributed by atoms with E-state index in [-0.39, 0.29) is 0 Å². The second-order valence-corrected chi connectivity index (χ2v) is 6.43. The van der Waals surface area contributed by atoms with Crippen molar-refractivity contribution < 1.29 is 4.74 Å². The summed E-state index contributed by atoms with van der Waals surface area (Å²) in [7, 11) is 1.94. The quantitative estimate of drug-likeness (QED) is 0.782. The molecule has 0 spiro atoms. The summed E-state index contributed by atoms with van der Waals surface area (Å²) in [6.45, 7) is 7.30. The number of hydrogen-bond donors (Lipinski definition) is 1. The third-order valence-corrected chi connectivity index (χ3v) is 4.10. The van der Waals surface area contributed by atoms with Crippen LogP contribution in [0, 0.1) is 6.92 Å². The Labute approximate surface area is 135 Å². The molecule has 0 atom stereocenters. The first kappa shape index (κ1) is 16.1. The second kappa shape index (κ2) is 7.10. The second-order valence-electron chi connectivity index (χ2n) is 5.58. The van der Waals surface area contributed by atoms with Crippen molar-refractivity contribution in [2.45, 2.75) is 33.2 Å². The van der Waals surface area contributed by atoms with Crippen molar-refractivity contribution in [1.29, 1.82) is 0 Å². The Balaban J connectivity index is 2.27. The van der Waals surface area contributed by atoms with E-state index in [0.29, 0.717) is 5.92 Å². The molecule has 1 N–H and O–H groups in total. The highest BCUT2D eigenvalue weighted by Gasteiger charge is 2.08. The average Bonchev–Trinajstić information content (AvgIpc) is 2.44. The highest BCUT2D eigenvalue weighted by Crippen LogP contribution is 2.33. The van der Waals surface area contributed by atoms with Crippen LogP contribution in [-0.4, -0.2) is 7.05 Å². The van der Waals surface area contributed by atoms with Crippen molar-refractivity contribution in [2.24, 2.45) is 0 Å². The molecule has 2 nitrogen and oxygen atoms in total. The topological polar surface area (TPSA) is 21.3 Å². The Hall–Kier alpha value is -1.32. The normalized spacial score (nSPS) is 11.0. The molecule has 0 fully saturated rings. The number of hydrogen-bond acceptors (Lipinski definition) is 2. The summed E-state index contributed by atoms with van der Waals surface area (Å²) in [5.41, 5.74) is 3.66. The van der Waals surface area contributed by atoms with E-state index < -0.39 is 0 Å². The number of halogens is 1. The van der Waals surface area contributed by atoms with E-state index in [2.05, 4.69) is 72.3 Å². The number of nitrogens with one attached hydrogen (secondary N) is 1. The Bertz CT molecular complexity index is 623. The third-order valence-electron chi connectivity index (χ3n) is 3.48. The zero-order valence-corrected chi connectivity index (χ0v) is 14.6. The molecule has 2 aromatic carbocycles. The van der Waals surface area contributed by atoms with Gasteiger partial charge in [0.1, 0.15) is 11.5 Å². The highest BCUT2D eigenvalue weighted by atomic mass is 79.9. The Morgan fingerprint density at radius 1 is 1.10 bits per heavy atom. The minimum absolute atomic E-state index is 0.495. The lowest BCUT2D eigenvalue weighted by Gasteiger charge is -2.14. The van der Waals surface area contributed by atoms with Crippen LogP contribution in [0.15, 0.2) is 40.9 Å². The first-order chi connectivity index (χ1) is 10.0. The molecule has 0 heterocycles. The lowest BCUT2D eigenvalue weighted by Crippen LogP contribution is -2.04. The van der Waals surface area contributed by atoms with Crippen molar-refractivity contribution in [3.05, 3.63) is 57.6 Å². The molecule has 0 aliphatic carbocycles. The first-order valence-corrected chi connectivity index (χ1v) is 8.02. The molecule has 0 aliphatic rings. The maximum Gasteiger partial charge on any atom is 0.141 e. The molecular weight excluding hydrogens is 326 g/mol. The lowest BCUT2D eigenvalue weighted by atomic mass is 10.0. The SMILES string of the molecule is CNCc1ccc(Oc2cc(C(C)C)ccc2C)c(Br)c1. The molecule has 21 heavy (non-hydrogen) atoms. The standard InChI is InChI=1S/C18H22BrNO/c1-12(2)15-7-5-13(3)18(10-15)21-17-8-6-14(11-20-4)9-16(17)19/h5-10,12,20H,11H2,1-4H3. The molecule has 0 aromatic heterocycles. The van der Waals surface area contributed by atoms with Crippen LogP contribution in [-0.2, 0) is 6.54 Å². The first-order valence-electron chi connectivity index (χ1n) is 7.22. The van der Waals surface area contributed by atoms with E-state index in [0.717, 1.165) is 28.1 Å². The van der Waals surface area contributed by atoms with Gasteiger partial charge in [-0.2, -0.15) is 0 Å². The summed E-state index contributed by atoms with van der Waals surface area (Å²) in [5.74, 6) is 2.26. The monoisotopic (exact) mass is 347 g/mol. The molecule has 0 bridgehead atoms. The Kier molecular flexibility index (Phi) is 5.43. The molecular formula is C18H22BrNO. The van der Waals surface area contributed by atoms with Crippen LogP contribution in [0.4, 0.5) is 0 Å².